The molecular formula is C20H24N2O2. The molecule has 24 heavy (non-hydrogen) atoms. The molecule has 0 spiro atoms. The van der Waals surface area contributed by atoms with E-state index in [-0.39, 0.29) is 0 Å². The molecule has 0 unspecified atom stereocenters. The number of allylic oxidation sites excluding steroid dienone is 4. The van der Waals surface area contributed by atoms with Crippen LogP contribution in [-0.2, 0) is 4.74 Å². The van der Waals surface area contributed by atoms with Crippen LogP contribution in [0.3, 0.4) is 0 Å². The molecular weight excluding hydrogens is 300 g/mol. The molecule has 0 amide bonds. The Hall–Kier alpha value is -2.88. The average molecular weight is 324 g/mol. The lowest BCUT2D eigenvalue weighted by molar-refractivity contribution is 0.157. The Kier molecular flexibility index (Phi) is 6.32. The number of nitrogens with two attached hydrogens (primary N) is 2. The van der Waals surface area contributed by atoms with Crippen LogP contribution in [-0.4, -0.2) is 13.2 Å². The van der Waals surface area contributed by atoms with E-state index in [9.17, 15) is 0 Å². The molecule has 0 aliphatic rings. The van der Waals surface area contributed by atoms with Crippen LogP contribution in [0.25, 0.3) is 11.1 Å². The molecule has 0 aromatic heterocycles. The van der Waals surface area contributed by atoms with Crippen LogP contribution < -0.4 is 16.2 Å². The monoisotopic (exact) mass is 324 g/mol. The molecule has 2 aromatic rings. The van der Waals surface area contributed by atoms with E-state index < -0.39 is 0 Å². The molecule has 2 aromatic carbocycles. The smallest absolute Gasteiger partial charge is 0.122 e. The van der Waals surface area contributed by atoms with Crippen molar-refractivity contribution in [2.45, 2.75) is 13.8 Å². The summed E-state index contributed by atoms with van der Waals surface area (Å²) in [5.74, 6) is 1.62. The van der Waals surface area contributed by atoms with Crippen molar-refractivity contribution in [3.05, 3.63) is 72.1 Å². The summed E-state index contributed by atoms with van der Waals surface area (Å²) in [6.45, 7) is 4.69. The first kappa shape index (κ1) is 17.5. The van der Waals surface area contributed by atoms with Gasteiger partial charge in [0.2, 0.25) is 0 Å². The van der Waals surface area contributed by atoms with E-state index in [1.165, 1.54) is 0 Å². The average Bonchev–Trinajstić information content (AvgIpc) is 2.58. The first-order valence-electron chi connectivity index (χ1n) is 7.87. The normalized spacial score (nSPS) is 12.1. The minimum Gasteiger partial charge on any atom is -0.495 e. The second-order valence-electron chi connectivity index (χ2n) is 5.53. The number of benzene rings is 2. The highest BCUT2D eigenvalue weighted by Crippen LogP contribution is 2.23. The Bertz CT molecular complexity index is 697. The first-order valence-corrected chi connectivity index (χ1v) is 7.87. The highest BCUT2D eigenvalue weighted by atomic mass is 16.5. The largest absolute Gasteiger partial charge is 0.495 e. The molecule has 0 radical (unpaired) electrons. The van der Waals surface area contributed by atoms with Gasteiger partial charge in [0.25, 0.3) is 0 Å². The van der Waals surface area contributed by atoms with Crippen LogP contribution in [0.1, 0.15) is 13.8 Å². The van der Waals surface area contributed by atoms with E-state index >= 15 is 0 Å². The molecule has 0 fully saturated rings. The summed E-state index contributed by atoms with van der Waals surface area (Å²) in [6.07, 6.45) is 3.66. The van der Waals surface area contributed by atoms with Crippen LogP contribution >= 0.6 is 0 Å². The summed E-state index contributed by atoms with van der Waals surface area (Å²) in [6, 6.07) is 15.8. The lowest BCUT2D eigenvalue weighted by atomic mass is 10.1. The third kappa shape index (κ3) is 5.72. The van der Waals surface area contributed by atoms with E-state index in [2.05, 4.69) is 0 Å². The van der Waals surface area contributed by atoms with Gasteiger partial charge in [0.05, 0.1) is 5.76 Å². The minimum absolute atomic E-state index is 0.484. The van der Waals surface area contributed by atoms with Crippen LogP contribution in [0.15, 0.2) is 72.1 Å². The lowest BCUT2D eigenvalue weighted by Crippen LogP contribution is -2.05. The van der Waals surface area contributed by atoms with Gasteiger partial charge in [-0.05, 0) is 61.4 Å². The van der Waals surface area contributed by atoms with Crippen molar-refractivity contribution in [3.63, 3.8) is 0 Å². The molecule has 0 aliphatic heterocycles. The highest BCUT2D eigenvalue weighted by molar-refractivity contribution is 5.66. The second kappa shape index (κ2) is 8.67. The van der Waals surface area contributed by atoms with Crippen molar-refractivity contribution in [1.82, 2.24) is 0 Å². The standard InChI is InChI=1S/C20H24N2O2/c1-15(21)3-4-16(2)23-13-14-24-20-11-7-18(8-12-20)17-5-9-19(22)10-6-17/h3-12H,13-14,21-22H2,1-2H3/b15-3+,16-4+. The summed E-state index contributed by atoms with van der Waals surface area (Å²) < 4.78 is 11.2. The van der Waals surface area contributed by atoms with E-state index in [1.807, 2.05) is 74.5 Å². The van der Waals surface area contributed by atoms with Crippen LogP contribution in [0.5, 0.6) is 5.75 Å². The van der Waals surface area contributed by atoms with Gasteiger partial charge in [-0.1, -0.05) is 24.3 Å². The lowest BCUT2D eigenvalue weighted by Gasteiger charge is -2.09. The van der Waals surface area contributed by atoms with Gasteiger partial charge in [-0.2, -0.15) is 0 Å². The molecule has 0 saturated carbocycles. The SMILES string of the molecule is C/C(N)=C\C=C(/C)OCCOc1ccc(-c2ccc(N)cc2)cc1. The fraction of sp³-hybridized carbons (Fsp3) is 0.200. The Morgan fingerprint density at radius 3 is 2.04 bits per heavy atom. The van der Waals surface area contributed by atoms with Crippen molar-refractivity contribution in [2.24, 2.45) is 5.73 Å². The van der Waals surface area contributed by atoms with Crippen molar-refractivity contribution in [3.8, 4) is 16.9 Å². The van der Waals surface area contributed by atoms with E-state index in [0.29, 0.717) is 13.2 Å². The maximum atomic E-state index is 5.71. The van der Waals surface area contributed by atoms with E-state index in [0.717, 1.165) is 34.0 Å². The Morgan fingerprint density at radius 1 is 0.875 bits per heavy atom. The van der Waals surface area contributed by atoms with Crippen LogP contribution in [0, 0.1) is 0 Å². The van der Waals surface area contributed by atoms with Crippen LogP contribution in [0.4, 0.5) is 5.69 Å². The van der Waals surface area contributed by atoms with Crippen molar-refractivity contribution in [1.29, 1.82) is 0 Å². The molecule has 0 atom stereocenters. The Balaban J connectivity index is 1.81. The van der Waals surface area contributed by atoms with E-state index in [1.54, 1.807) is 0 Å². The number of hydrogen-bond donors (Lipinski definition) is 2. The fourth-order valence-electron chi connectivity index (χ4n) is 2.08. The summed E-state index contributed by atoms with van der Waals surface area (Å²) in [4.78, 5) is 0. The molecule has 4 nitrogen and oxygen atoms in total. The zero-order valence-electron chi connectivity index (χ0n) is 14.2. The predicted octanol–water partition coefficient (Wildman–Crippen LogP) is 4.10. The summed E-state index contributed by atoms with van der Waals surface area (Å²) >= 11 is 0. The van der Waals surface area contributed by atoms with Gasteiger partial charge in [-0.15, -0.1) is 0 Å². The van der Waals surface area contributed by atoms with Gasteiger partial charge in [-0.25, -0.2) is 0 Å². The van der Waals surface area contributed by atoms with Crippen molar-refractivity contribution >= 4 is 5.69 Å². The van der Waals surface area contributed by atoms with Crippen molar-refractivity contribution < 1.29 is 9.47 Å². The van der Waals surface area contributed by atoms with Gasteiger partial charge in [0.1, 0.15) is 19.0 Å². The summed E-state index contributed by atoms with van der Waals surface area (Å²) in [5.41, 5.74) is 15.0. The highest BCUT2D eigenvalue weighted by Gasteiger charge is 1.99. The third-order valence-corrected chi connectivity index (χ3v) is 3.36. The molecule has 0 saturated heterocycles. The van der Waals surface area contributed by atoms with Gasteiger partial charge >= 0.3 is 0 Å². The van der Waals surface area contributed by atoms with Gasteiger partial charge in [0, 0.05) is 11.4 Å². The second-order valence-corrected chi connectivity index (χ2v) is 5.53. The topological polar surface area (TPSA) is 70.5 Å². The molecule has 4 N–H and O–H groups in total. The number of ether oxygens (including phenoxy) is 2. The van der Waals surface area contributed by atoms with Gasteiger partial charge < -0.3 is 20.9 Å². The number of rotatable bonds is 7. The Labute approximate surface area is 143 Å². The molecule has 2 rings (SSSR count). The molecule has 126 valence electrons. The zero-order valence-corrected chi connectivity index (χ0v) is 14.2. The number of nitrogen functional groups attached to an aromatic ring is 1. The number of anilines is 1. The summed E-state index contributed by atoms with van der Waals surface area (Å²) in [7, 11) is 0. The zero-order chi connectivity index (χ0) is 17.4. The Morgan fingerprint density at radius 2 is 1.46 bits per heavy atom. The van der Waals surface area contributed by atoms with Gasteiger partial charge in [-0.3, -0.25) is 0 Å². The van der Waals surface area contributed by atoms with Crippen molar-refractivity contribution in [2.75, 3.05) is 18.9 Å². The molecule has 0 aliphatic carbocycles. The minimum atomic E-state index is 0.484. The first-order chi connectivity index (χ1) is 11.5. The van der Waals surface area contributed by atoms with E-state index in [4.69, 9.17) is 20.9 Å². The number of hydrogen-bond acceptors (Lipinski definition) is 4. The maximum Gasteiger partial charge on any atom is 0.122 e. The predicted molar refractivity (Wildman–Crippen MR) is 99.4 cm³/mol. The van der Waals surface area contributed by atoms with Crippen LogP contribution in [0.2, 0.25) is 0 Å². The quantitative estimate of drug-likeness (QED) is 0.348. The third-order valence-electron chi connectivity index (χ3n) is 3.36. The molecule has 0 heterocycles. The fourth-order valence-corrected chi connectivity index (χ4v) is 2.08. The molecule has 4 heteroatoms. The maximum absolute atomic E-state index is 5.71. The van der Waals surface area contributed by atoms with Gasteiger partial charge in [0.15, 0.2) is 0 Å². The summed E-state index contributed by atoms with van der Waals surface area (Å²) in [5, 5.41) is 0. The molecule has 0 bridgehead atoms.